The molecule has 0 saturated carbocycles. The average Bonchev–Trinajstić information content (AvgIpc) is 3.21. The second-order valence-electron chi connectivity index (χ2n) is 6.07. The molecule has 0 unspecified atom stereocenters. The van der Waals surface area contributed by atoms with Gasteiger partial charge in [-0.1, -0.05) is 18.2 Å². The molecule has 3 aromatic rings. The van der Waals surface area contributed by atoms with Gasteiger partial charge in [-0.2, -0.15) is 13.2 Å². The Balaban J connectivity index is 1.71. The summed E-state index contributed by atoms with van der Waals surface area (Å²) in [7, 11) is 0. The molecule has 3 rings (SSSR count). The van der Waals surface area contributed by atoms with Crippen LogP contribution < -0.4 is 10.6 Å². The van der Waals surface area contributed by atoms with Gasteiger partial charge in [-0.15, -0.1) is 22.7 Å². The molecule has 152 valence electrons. The van der Waals surface area contributed by atoms with Gasteiger partial charge in [0.2, 0.25) is 5.91 Å². The number of hydrogen-bond acceptors (Lipinski definition) is 6. The van der Waals surface area contributed by atoms with Gasteiger partial charge in [-0.3, -0.25) is 9.59 Å². The number of nitrogens with zero attached hydrogens (tertiary/aromatic N) is 2. The number of thiazole rings is 2. The van der Waals surface area contributed by atoms with Crippen molar-refractivity contribution in [2.75, 3.05) is 10.6 Å². The molecule has 1 aromatic carbocycles. The lowest BCUT2D eigenvalue weighted by molar-refractivity contribution is -0.137. The van der Waals surface area contributed by atoms with Crippen LogP contribution in [0, 0.1) is 6.92 Å². The minimum atomic E-state index is -4.41. The van der Waals surface area contributed by atoms with Crippen molar-refractivity contribution in [1.82, 2.24) is 9.97 Å². The highest BCUT2D eigenvalue weighted by Gasteiger charge is 2.30. The Morgan fingerprint density at radius 1 is 1.17 bits per heavy atom. The molecule has 29 heavy (non-hydrogen) atoms. The minimum Gasteiger partial charge on any atom is -0.311 e. The number of carbonyl (C=O) groups excluding carboxylic acids is 2. The molecule has 0 radical (unpaired) electrons. The smallest absolute Gasteiger partial charge is 0.311 e. The Morgan fingerprint density at radius 2 is 1.93 bits per heavy atom. The molecule has 2 heterocycles. The van der Waals surface area contributed by atoms with E-state index in [9.17, 15) is 22.8 Å². The van der Waals surface area contributed by atoms with E-state index in [0.717, 1.165) is 23.5 Å². The SMILES string of the molecule is CC(=O)Nc1nc(C(=O)Nc2sc(Cc3cccc(C(F)(F)F)c3)nc2C)cs1. The molecule has 0 atom stereocenters. The highest BCUT2D eigenvalue weighted by Crippen LogP contribution is 2.31. The lowest BCUT2D eigenvalue weighted by Crippen LogP contribution is -2.12. The number of anilines is 2. The third-order valence-corrected chi connectivity index (χ3v) is 5.53. The van der Waals surface area contributed by atoms with E-state index in [1.54, 1.807) is 13.0 Å². The Kier molecular flexibility index (Phi) is 5.99. The van der Waals surface area contributed by atoms with Crippen LogP contribution in [0.4, 0.5) is 23.3 Å². The highest BCUT2D eigenvalue weighted by atomic mass is 32.1. The molecule has 0 fully saturated rings. The number of halogens is 3. The fourth-order valence-corrected chi connectivity index (χ4v) is 4.16. The van der Waals surface area contributed by atoms with E-state index in [-0.39, 0.29) is 18.0 Å². The third kappa shape index (κ3) is 5.39. The molecule has 2 N–H and O–H groups in total. The maximum absolute atomic E-state index is 12.9. The van der Waals surface area contributed by atoms with Gasteiger partial charge < -0.3 is 10.6 Å². The standard InChI is InChI=1S/C18H15F3N4O2S2/c1-9-16(25-15(27)13-8-28-17(24-13)23-10(2)26)29-14(22-9)7-11-4-3-5-12(6-11)18(19,20)21/h3-6,8H,7H2,1-2H3,(H,25,27)(H,23,24,26). The Hall–Kier alpha value is -2.79. The van der Waals surface area contributed by atoms with E-state index in [2.05, 4.69) is 20.6 Å². The molecule has 2 aromatic heterocycles. The molecule has 11 heteroatoms. The maximum atomic E-state index is 12.9. The number of amides is 2. The minimum absolute atomic E-state index is 0.144. The number of rotatable bonds is 5. The van der Waals surface area contributed by atoms with Gasteiger partial charge in [-0.25, -0.2) is 9.97 Å². The summed E-state index contributed by atoms with van der Waals surface area (Å²) < 4.78 is 38.6. The van der Waals surface area contributed by atoms with Gasteiger partial charge in [0, 0.05) is 18.7 Å². The predicted octanol–water partition coefficient (Wildman–Crippen LogP) is 4.73. The van der Waals surface area contributed by atoms with Crippen LogP contribution in [0.25, 0.3) is 0 Å². The first kappa shape index (κ1) is 20.9. The number of carbonyl (C=O) groups is 2. The topological polar surface area (TPSA) is 84.0 Å². The van der Waals surface area contributed by atoms with Crippen LogP contribution in [0.3, 0.4) is 0 Å². The van der Waals surface area contributed by atoms with Gasteiger partial charge >= 0.3 is 6.18 Å². The molecular weight excluding hydrogens is 425 g/mol. The summed E-state index contributed by atoms with van der Waals surface area (Å²) in [5.74, 6) is -0.751. The van der Waals surface area contributed by atoms with E-state index in [1.807, 2.05) is 0 Å². The lowest BCUT2D eigenvalue weighted by atomic mass is 10.1. The van der Waals surface area contributed by atoms with Crippen molar-refractivity contribution in [3.63, 3.8) is 0 Å². The van der Waals surface area contributed by atoms with E-state index < -0.39 is 17.6 Å². The molecular formula is C18H15F3N4O2S2. The van der Waals surface area contributed by atoms with Crippen molar-refractivity contribution < 1.29 is 22.8 Å². The first-order valence-corrected chi connectivity index (χ1v) is 9.98. The molecule has 6 nitrogen and oxygen atoms in total. The molecule has 0 bridgehead atoms. The van der Waals surface area contributed by atoms with Gasteiger partial charge in [0.15, 0.2) is 5.13 Å². The average molecular weight is 440 g/mol. The summed E-state index contributed by atoms with van der Waals surface area (Å²) in [5.41, 5.74) is 0.467. The second kappa shape index (κ2) is 8.29. The van der Waals surface area contributed by atoms with Gasteiger partial charge in [0.05, 0.1) is 16.3 Å². The van der Waals surface area contributed by atoms with Gasteiger partial charge in [-0.05, 0) is 18.6 Å². The fraction of sp³-hybridized carbons (Fsp3) is 0.222. The highest BCUT2D eigenvalue weighted by molar-refractivity contribution is 7.16. The van der Waals surface area contributed by atoms with E-state index in [0.29, 0.717) is 26.4 Å². The maximum Gasteiger partial charge on any atom is 0.416 e. The molecule has 0 saturated heterocycles. The van der Waals surface area contributed by atoms with Crippen LogP contribution >= 0.6 is 22.7 Å². The monoisotopic (exact) mass is 440 g/mol. The van der Waals surface area contributed by atoms with E-state index >= 15 is 0 Å². The Morgan fingerprint density at radius 3 is 2.62 bits per heavy atom. The van der Waals surface area contributed by atoms with E-state index in [4.69, 9.17) is 0 Å². The lowest BCUT2D eigenvalue weighted by Gasteiger charge is -2.07. The van der Waals surface area contributed by atoms with Crippen LogP contribution in [0.2, 0.25) is 0 Å². The number of hydrogen-bond donors (Lipinski definition) is 2. The summed E-state index contributed by atoms with van der Waals surface area (Å²) in [6.07, 6.45) is -4.19. The van der Waals surface area contributed by atoms with Gasteiger partial charge in [0.1, 0.15) is 10.7 Å². The summed E-state index contributed by atoms with van der Waals surface area (Å²) in [5, 5.41) is 8.10. The predicted molar refractivity (Wildman–Crippen MR) is 105 cm³/mol. The van der Waals surface area contributed by atoms with Crippen molar-refractivity contribution >= 4 is 44.6 Å². The first-order valence-electron chi connectivity index (χ1n) is 8.28. The molecule has 0 spiro atoms. The fourth-order valence-electron chi connectivity index (χ4n) is 2.43. The van der Waals surface area contributed by atoms with Crippen molar-refractivity contribution in [2.24, 2.45) is 0 Å². The van der Waals surface area contributed by atoms with Crippen molar-refractivity contribution in [3.05, 3.63) is 57.2 Å². The zero-order valence-corrected chi connectivity index (χ0v) is 16.9. The molecule has 0 aliphatic carbocycles. The van der Waals surface area contributed by atoms with Crippen molar-refractivity contribution in [2.45, 2.75) is 26.4 Å². The number of benzene rings is 1. The quantitative estimate of drug-likeness (QED) is 0.601. The number of alkyl halides is 3. The summed E-state index contributed by atoms with van der Waals surface area (Å²) in [6.45, 7) is 3.04. The summed E-state index contributed by atoms with van der Waals surface area (Å²) >= 11 is 2.31. The summed E-state index contributed by atoms with van der Waals surface area (Å²) in [6, 6.07) is 5.07. The van der Waals surface area contributed by atoms with Gasteiger partial charge in [0.25, 0.3) is 5.91 Å². The zero-order valence-electron chi connectivity index (χ0n) is 15.3. The first-order chi connectivity index (χ1) is 13.6. The molecule has 0 aliphatic heterocycles. The number of aromatic nitrogens is 2. The van der Waals surface area contributed by atoms with Crippen molar-refractivity contribution in [1.29, 1.82) is 0 Å². The second-order valence-corrected chi connectivity index (χ2v) is 8.01. The van der Waals surface area contributed by atoms with Crippen molar-refractivity contribution in [3.8, 4) is 0 Å². The molecule has 2 amide bonds. The number of nitrogens with one attached hydrogen (secondary N) is 2. The van der Waals surface area contributed by atoms with Crippen LogP contribution in [0.1, 0.15) is 39.2 Å². The largest absolute Gasteiger partial charge is 0.416 e. The Labute approximate surface area is 171 Å². The number of aryl methyl sites for hydroxylation is 1. The zero-order chi connectivity index (χ0) is 21.2. The normalized spacial score (nSPS) is 11.3. The van der Waals surface area contributed by atoms with E-state index in [1.165, 1.54) is 29.7 Å². The van der Waals surface area contributed by atoms with Crippen LogP contribution in [0.15, 0.2) is 29.6 Å². The summed E-state index contributed by atoms with van der Waals surface area (Å²) in [4.78, 5) is 31.8. The van der Waals surface area contributed by atoms with Crippen LogP contribution in [-0.2, 0) is 17.4 Å². The van der Waals surface area contributed by atoms with Crippen LogP contribution in [-0.4, -0.2) is 21.8 Å². The Bertz CT molecular complexity index is 1060. The molecule has 0 aliphatic rings. The third-order valence-electron chi connectivity index (χ3n) is 3.70. The van der Waals surface area contributed by atoms with Crippen LogP contribution in [0.5, 0.6) is 0 Å².